The molecule has 1 heterocycles. The molecule has 0 saturated carbocycles. The number of carbonyl (C=O) groups is 2. The van der Waals surface area contributed by atoms with Crippen LogP contribution in [0.1, 0.15) is 40.4 Å². The van der Waals surface area contributed by atoms with Crippen molar-refractivity contribution in [1.82, 2.24) is 10.6 Å². The number of carbonyl (C=O) groups excluding carboxylic acids is 2. The summed E-state index contributed by atoms with van der Waals surface area (Å²) < 4.78 is 13.3. The number of hydrogen-bond donors (Lipinski definition) is 4. The Kier molecular flexibility index (Phi) is 9.36. The number of Topliss-reactive ketones (excluding diaryl/α,β-unsaturated/α-hetero) is 1. The van der Waals surface area contributed by atoms with Crippen LogP contribution in [-0.2, 0) is 24.1 Å². The van der Waals surface area contributed by atoms with Crippen molar-refractivity contribution < 1.29 is 14.0 Å². The predicted octanol–water partition coefficient (Wildman–Crippen LogP) is 4.61. The highest BCUT2D eigenvalue weighted by atomic mass is 32.1. The molecule has 1 amide bonds. The van der Waals surface area contributed by atoms with Crippen LogP contribution in [-0.4, -0.2) is 42.1 Å². The molecule has 0 unspecified atom stereocenters. The lowest BCUT2D eigenvalue weighted by molar-refractivity contribution is -0.119. The molecule has 4 rings (SSSR count). The summed E-state index contributed by atoms with van der Waals surface area (Å²) in [5.74, 6) is -0.592. The summed E-state index contributed by atoms with van der Waals surface area (Å²) in [6.07, 6.45) is 2.54. The Labute approximate surface area is 223 Å². The lowest BCUT2D eigenvalue weighted by Gasteiger charge is -2.18. The molecule has 1 aliphatic heterocycles. The molecule has 0 bridgehead atoms. The molecule has 0 radical (unpaired) electrons. The summed E-state index contributed by atoms with van der Waals surface area (Å²) in [4.78, 5) is 26.2. The van der Waals surface area contributed by atoms with Crippen LogP contribution >= 0.6 is 12.6 Å². The second kappa shape index (κ2) is 12.9. The van der Waals surface area contributed by atoms with E-state index in [4.69, 9.17) is 0 Å². The zero-order chi connectivity index (χ0) is 26.2. The number of nitrogens with one attached hydrogen (secondary N) is 3. The second-order valence-electron chi connectivity index (χ2n) is 9.70. The van der Waals surface area contributed by atoms with Gasteiger partial charge in [-0.1, -0.05) is 48.5 Å². The first-order chi connectivity index (χ1) is 17.9. The van der Waals surface area contributed by atoms with Gasteiger partial charge in [0.15, 0.2) is 5.78 Å². The van der Waals surface area contributed by atoms with Crippen LogP contribution < -0.4 is 16.0 Å². The van der Waals surface area contributed by atoms with E-state index in [1.54, 1.807) is 19.1 Å². The number of aryl methyl sites for hydroxylation is 2. The molecule has 7 heteroatoms. The van der Waals surface area contributed by atoms with Crippen molar-refractivity contribution in [2.24, 2.45) is 0 Å². The Morgan fingerprint density at radius 3 is 2.49 bits per heavy atom. The third-order valence-electron chi connectivity index (χ3n) is 6.75. The Morgan fingerprint density at radius 2 is 1.78 bits per heavy atom. The van der Waals surface area contributed by atoms with Crippen LogP contribution in [0.2, 0.25) is 0 Å². The Morgan fingerprint density at radius 1 is 1.03 bits per heavy atom. The van der Waals surface area contributed by atoms with Crippen LogP contribution in [0, 0.1) is 5.82 Å². The molecule has 1 fully saturated rings. The third-order valence-corrected chi connectivity index (χ3v) is 7.15. The van der Waals surface area contributed by atoms with Gasteiger partial charge in [0.25, 0.3) is 5.91 Å². The van der Waals surface area contributed by atoms with Gasteiger partial charge >= 0.3 is 0 Å². The number of amides is 1. The summed E-state index contributed by atoms with van der Waals surface area (Å²) in [6.45, 7) is 3.35. The molecule has 194 valence electrons. The molecule has 0 aliphatic carbocycles. The van der Waals surface area contributed by atoms with Crippen molar-refractivity contribution >= 4 is 30.0 Å². The summed E-state index contributed by atoms with van der Waals surface area (Å²) in [6, 6.07) is 21.4. The summed E-state index contributed by atoms with van der Waals surface area (Å²) in [5, 5.41) is 10.1. The topological polar surface area (TPSA) is 70.2 Å². The smallest absolute Gasteiger partial charge is 0.252 e. The van der Waals surface area contributed by atoms with Crippen LogP contribution in [0.4, 0.5) is 10.1 Å². The van der Waals surface area contributed by atoms with Crippen LogP contribution in [0.5, 0.6) is 0 Å². The minimum absolute atomic E-state index is 0.0460. The van der Waals surface area contributed by atoms with Gasteiger partial charge in [-0.3, -0.25) is 9.59 Å². The van der Waals surface area contributed by atoms with Crippen LogP contribution in [0.15, 0.2) is 72.8 Å². The number of ketones is 1. The van der Waals surface area contributed by atoms with Crippen molar-refractivity contribution in [2.75, 3.05) is 18.4 Å². The SMILES string of the molecule is C[C@@H](NC(=O)c1cc(NC[C@@H]2C[C@H](S)CN2)ccc1CCc1ccc(F)cc1)C(=O)Cc1ccccc1. The average Bonchev–Trinajstić information content (AvgIpc) is 3.32. The van der Waals surface area contributed by atoms with Gasteiger partial charge in [-0.15, -0.1) is 0 Å². The van der Waals surface area contributed by atoms with E-state index in [-0.39, 0.29) is 23.9 Å². The fourth-order valence-corrected chi connectivity index (χ4v) is 4.91. The van der Waals surface area contributed by atoms with E-state index in [1.807, 2.05) is 48.5 Å². The van der Waals surface area contributed by atoms with Crippen LogP contribution in [0.3, 0.4) is 0 Å². The molecule has 1 aliphatic rings. The normalized spacial score (nSPS) is 17.8. The lowest BCUT2D eigenvalue weighted by atomic mass is 9.98. The molecule has 3 N–H and O–H groups in total. The Balaban J connectivity index is 1.46. The predicted molar refractivity (Wildman–Crippen MR) is 150 cm³/mol. The number of halogens is 1. The van der Waals surface area contributed by atoms with Gasteiger partial charge in [-0.05, 0) is 67.1 Å². The van der Waals surface area contributed by atoms with Gasteiger partial charge in [0.05, 0.1) is 6.04 Å². The molecule has 3 aromatic rings. The van der Waals surface area contributed by atoms with Crippen molar-refractivity contribution in [3.8, 4) is 0 Å². The highest BCUT2D eigenvalue weighted by Gasteiger charge is 2.22. The van der Waals surface area contributed by atoms with E-state index in [9.17, 15) is 14.0 Å². The zero-order valence-corrected chi connectivity index (χ0v) is 21.9. The summed E-state index contributed by atoms with van der Waals surface area (Å²) in [5.41, 5.74) is 4.18. The van der Waals surface area contributed by atoms with Gasteiger partial charge in [0.2, 0.25) is 0 Å². The van der Waals surface area contributed by atoms with Crippen LogP contribution in [0.25, 0.3) is 0 Å². The molecule has 3 atom stereocenters. The monoisotopic (exact) mass is 519 g/mol. The standard InChI is InChI=1S/C30H34FN3O2S/c1-20(29(35)15-22-5-3-2-4-6-22)34-30(36)28-17-25(32-18-26-16-27(37)19-33-26)14-11-23(28)10-7-21-8-12-24(31)13-9-21/h2-6,8-9,11-14,17,20,26-27,32-33,37H,7,10,15-16,18-19H2,1H3,(H,34,36)/t20-,26+,27+/m1/s1. The number of rotatable bonds is 11. The highest BCUT2D eigenvalue weighted by Crippen LogP contribution is 2.20. The molecule has 3 aromatic carbocycles. The van der Waals surface area contributed by atoms with Crippen molar-refractivity contribution in [3.05, 3.63) is 101 Å². The van der Waals surface area contributed by atoms with Gasteiger partial charge in [0.1, 0.15) is 5.82 Å². The van der Waals surface area contributed by atoms with Crippen molar-refractivity contribution in [2.45, 2.75) is 49.9 Å². The zero-order valence-electron chi connectivity index (χ0n) is 21.0. The molecule has 1 saturated heterocycles. The van der Waals surface area contributed by atoms with E-state index in [0.717, 1.165) is 41.9 Å². The van der Waals surface area contributed by atoms with Crippen molar-refractivity contribution in [1.29, 1.82) is 0 Å². The first-order valence-corrected chi connectivity index (χ1v) is 13.3. The van der Waals surface area contributed by atoms with E-state index in [2.05, 4.69) is 28.6 Å². The summed E-state index contributed by atoms with van der Waals surface area (Å²) in [7, 11) is 0. The second-order valence-corrected chi connectivity index (χ2v) is 10.4. The molecule has 0 aromatic heterocycles. The van der Waals surface area contributed by atoms with Crippen molar-refractivity contribution in [3.63, 3.8) is 0 Å². The number of benzene rings is 3. The van der Waals surface area contributed by atoms with Gasteiger partial charge in [-0.2, -0.15) is 12.6 Å². The highest BCUT2D eigenvalue weighted by molar-refractivity contribution is 7.81. The van der Waals surface area contributed by atoms with E-state index >= 15 is 0 Å². The lowest BCUT2D eigenvalue weighted by Crippen LogP contribution is -2.39. The van der Waals surface area contributed by atoms with Gasteiger partial charge < -0.3 is 16.0 Å². The Hall–Kier alpha value is -3.16. The molecule has 5 nitrogen and oxygen atoms in total. The van der Waals surface area contributed by atoms with E-state index in [1.165, 1.54) is 12.1 Å². The molecular formula is C30H34FN3O2S. The Bertz CT molecular complexity index is 1200. The summed E-state index contributed by atoms with van der Waals surface area (Å²) >= 11 is 4.54. The largest absolute Gasteiger partial charge is 0.383 e. The number of anilines is 1. The van der Waals surface area contributed by atoms with E-state index < -0.39 is 6.04 Å². The maximum Gasteiger partial charge on any atom is 0.252 e. The maximum absolute atomic E-state index is 13.4. The molecular weight excluding hydrogens is 485 g/mol. The minimum atomic E-state index is -0.621. The van der Waals surface area contributed by atoms with E-state index in [0.29, 0.717) is 29.7 Å². The first kappa shape index (κ1) is 26.9. The molecule has 0 spiro atoms. The fourth-order valence-electron chi connectivity index (χ4n) is 4.55. The van der Waals surface area contributed by atoms with Gasteiger partial charge in [0, 0.05) is 42.1 Å². The minimum Gasteiger partial charge on any atom is -0.383 e. The fraction of sp³-hybridized carbons (Fsp3) is 0.333. The maximum atomic E-state index is 13.4. The number of thiol groups is 1. The van der Waals surface area contributed by atoms with Gasteiger partial charge in [-0.25, -0.2) is 4.39 Å². The number of hydrogen-bond acceptors (Lipinski definition) is 5. The average molecular weight is 520 g/mol. The first-order valence-electron chi connectivity index (χ1n) is 12.8. The molecule has 37 heavy (non-hydrogen) atoms. The third kappa shape index (κ3) is 7.91. The quantitative estimate of drug-likeness (QED) is 0.279.